The maximum absolute atomic E-state index is 13.0. The first kappa shape index (κ1) is 18.6. The summed E-state index contributed by atoms with van der Waals surface area (Å²) in [5, 5.41) is 3.78. The molecule has 1 atom stereocenters. The van der Waals surface area contributed by atoms with Crippen LogP contribution in [0.15, 0.2) is 39.4 Å². The van der Waals surface area contributed by atoms with Crippen LogP contribution in [0.5, 0.6) is 11.5 Å². The second-order valence-corrected chi connectivity index (χ2v) is 7.47. The van der Waals surface area contributed by atoms with Crippen LogP contribution >= 0.6 is 11.8 Å². The Kier molecular flexibility index (Phi) is 4.89. The fourth-order valence-corrected chi connectivity index (χ4v) is 4.29. The van der Waals surface area contributed by atoms with E-state index in [1.54, 1.807) is 26.4 Å². The van der Waals surface area contributed by atoms with E-state index in [9.17, 15) is 9.59 Å². The Morgan fingerprint density at radius 3 is 2.71 bits per heavy atom. The minimum absolute atomic E-state index is 0.0441. The van der Waals surface area contributed by atoms with Gasteiger partial charge in [-0.05, 0) is 37.3 Å². The van der Waals surface area contributed by atoms with E-state index in [2.05, 4.69) is 15.3 Å². The Balaban J connectivity index is 2.03. The van der Waals surface area contributed by atoms with E-state index >= 15 is 0 Å². The topological polar surface area (TPSA) is 93.3 Å². The summed E-state index contributed by atoms with van der Waals surface area (Å²) < 4.78 is 11.0. The van der Waals surface area contributed by atoms with Crippen molar-refractivity contribution in [1.82, 2.24) is 9.97 Å². The van der Waals surface area contributed by atoms with Crippen LogP contribution in [-0.4, -0.2) is 36.2 Å². The number of nitrogens with zero attached hydrogens (tertiary/aromatic N) is 1. The number of hydrogen-bond donors (Lipinski definition) is 2. The van der Waals surface area contributed by atoms with Crippen molar-refractivity contribution < 1.29 is 14.3 Å². The van der Waals surface area contributed by atoms with Crippen LogP contribution in [0.3, 0.4) is 0 Å². The summed E-state index contributed by atoms with van der Waals surface area (Å²) in [4.78, 5) is 33.3. The fraction of sp³-hybridized carbons (Fsp3) is 0.350. The number of H-pyrrole nitrogens is 1. The lowest BCUT2D eigenvalue weighted by Crippen LogP contribution is -2.32. The Morgan fingerprint density at radius 2 is 2.00 bits per heavy atom. The van der Waals surface area contributed by atoms with Gasteiger partial charge in [0.2, 0.25) is 0 Å². The number of methoxy groups -OCH3 is 2. The Bertz CT molecular complexity index is 1040. The standard InChI is InChI=1S/C20H21N3O4S/c1-26-10-7-8-14(27-2)11(9-10)15-16-12(5-4-6-13(16)24)21-18-17(15)19(25)23-20(22-18)28-3/h7-9,15H,4-6H2,1-3H3,(H2,21,22,23,25)/t15-/m0/s1. The number of ketones is 1. The molecule has 1 aliphatic heterocycles. The van der Waals surface area contributed by atoms with Crippen molar-refractivity contribution in [3.63, 3.8) is 0 Å². The van der Waals surface area contributed by atoms with Crippen LogP contribution in [0.1, 0.15) is 36.3 Å². The first-order chi connectivity index (χ1) is 13.6. The third-order valence-electron chi connectivity index (χ3n) is 5.18. The zero-order valence-corrected chi connectivity index (χ0v) is 16.7. The van der Waals surface area contributed by atoms with Gasteiger partial charge in [-0.25, -0.2) is 4.98 Å². The van der Waals surface area contributed by atoms with Gasteiger partial charge in [-0.15, -0.1) is 0 Å². The largest absolute Gasteiger partial charge is 0.497 e. The number of nitrogens with one attached hydrogen (secondary N) is 2. The summed E-state index contributed by atoms with van der Waals surface area (Å²) in [7, 11) is 3.15. The van der Waals surface area contributed by atoms with E-state index in [4.69, 9.17) is 9.47 Å². The molecule has 0 saturated heterocycles. The van der Waals surface area contributed by atoms with Gasteiger partial charge in [0, 0.05) is 23.3 Å². The van der Waals surface area contributed by atoms with Crippen LogP contribution in [0.2, 0.25) is 0 Å². The van der Waals surface area contributed by atoms with E-state index in [0.717, 1.165) is 24.1 Å². The molecule has 2 aliphatic rings. The lowest BCUT2D eigenvalue weighted by atomic mass is 9.76. The lowest BCUT2D eigenvalue weighted by Gasteiger charge is -2.33. The molecule has 0 unspecified atom stereocenters. The number of Topliss-reactive ketones (excluding diaryl/α,β-unsaturated/α-hetero) is 1. The van der Waals surface area contributed by atoms with Crippen LogP contribution < -0.4 is 20.3 Å². The SMILES string of the molecule is COc1ccc(OC)c([C@H]2C3=C(CCCC3=O)Nc3nc(SC)[nH]c(=O)c32)c1. The van der Waals surface area contributed by atoms with Crippen LogP contribution in [0.4, 0.5) is 5.82 Å². The van der Waals surface area contributed by atoms with Crippen LogP contribution in [-0.2, 0) is 4.79 Å². The zero-order valence-electron chi connectivity index (χ0n) is 15.9. The van der Waals surface area contributed by atoms with Crippen molar-refractivity contribution in [3.05, 3.63) is 50.9 Å². The summed E-state index contributed by atoms with van der Waals surface area (Å²) in [5.41, 5.74) is 2.34. The molecule has 2 N–H and O–H groups in total. The molecular formula is C20H21N3O4S. The van der Waals surface area contributed by atoms with Gasteiger partial charge in [0.25, 0.3) is 5.56 Å². The van der Waals surface area contributed by atoms with E-state index in [0.29, 0.717) is 40.0 Å². The molecule has 28 heavy (non-hydrogen) atoms. The van der Waals surface area contributed by atoms with Gasteiger partial charge in [0.1, 0.15) is 17.3 Å². The molecule has 7 nitrogen and oxygen atoms in total. The highest BCUT2D eigenvalue weighted by Crippen LogP contribution is 2.46. The molecule has 2 aromatic rings. The normalized spacial score (nSPS) is 18.2. The third-order valence-corrected chi connectivity index (χ3v) is 5.76. The number of allylic oxidation sites excluding steroid dienone is 2. The van der Waals surface area contributed by atoms with Gasteiger partial charge in [-0.2, -0.15) is 0 Å². The molecule has 0 fully saturated rings. The number of carbonyl (C=O) groups excluding carboxylic acids is 1. The number of thioether (sulfide) groups is 1. The second kappa shape index (κ2) is 7.35. The summed E-state index contributed by atoms with van der Waals surface area (Å²) in [5.74, 6) is 1.21. The molecule has 0 saturated carbocycles. The number of aromatic amines is 1. The summed E-state index contributed by atoms with van der Waals surface area (Å²) >= 11 is 1.36. The first-order valence-corrected chi connectivity index (χ1v) is 10.2. The minimum Gasteiger partial charge on any atom is -0.497 e. The predicted molar refractivity (Wildman–Crippen MR) is 108 cm³/mol. The molecule has 0 spiro atoms. The molecule has 2 heterocycles. The van der Waals surface area contributed by atoms with Gasteiger partial charge in [0.05, 0.1) is 25.7 Å². The van der Waals surface area contributed by atoms with E-state index < -0.39 is 5.92 Å². The highest BCUT2D eigenvalue weighted by atomic mass is 32.2. The second-order valence-electron chi connectivity index (χ2n) is 6.67. The summed E-state index contributed by atoms with van der Waals surface area (Å²) in [6, 6.07) is 5.41. The highest BCUT2D eigenvalue weighted by molar-refractivity contribution is 7.98. The van der Waals surface area contributed by atoms with Gasteiger partial charge in [-0.3, -0.25) is 9.59 Å². The first-order valence-electron chi connectivity index (χ1n) is 9.00. The fourth-order valence-electron chi connectivity index (χ4n) is 3.91. The smallest absolute Gasteiger partial charge is 0.257 e. The third kappa shape index (κ3) is 2.97. The van der Waals surface area contributed by atoms with Gasteiger partial charge < -0.3 is 19.8 Å². The van der Waals surface area contributed by atoms with E-state index in [1.807, 2.05) is 12.3 Å². The van der Waals surface area contributed by atoms with Crippen molar-refractivity contribution in [1.29, 1.82) is 0 Å². The number of anilines is 1. The predicted octanol–water partition coefficient (Wildman–Crippen LogP) is 3.07. The number of aromatic nitrogens is 2. The van der Waals surface area contributed by atoms with Crippen molar-refractivity contribution in [2.45, 2.75) is 30.3 Å². The number of hydrogen-bond acceptors (Lipinski definition) is 7. The maximum Gasteiger partial charge on any atom is 0.257 e. The minimum atomic E-state index is -0.559. The quantitative estimate of drug-likeness (QED) is 0.603. The lowest BCUT2D eigenvalue weighted by molar-refractivity contribution is -0.116. The summed E-state index contributed by atoms with van der Waals surface area (Å²) in [6.45, 7) is 0. The molecule has 4 rings (SSSR count). The van der Waals surface area contributed by atoms with Crippen molar-refractivity contribution in [2.75, 3.05) is 25.8 Å². The van der Waals surface area contributed by atoms with Crippen molar-refractivity contribution in [3.8, 4) is 11.5 Å². The van der Waals surface area contributed by atoms with Gasteiger partial charge >= 0.3 is 0 Å². The van der Waals surface area contributed by atoms with Crippen LogP contribution in [0.25, 0.3) is 0 Å². The highest BCUT2D eigenvalue weighted by Gasteiger charge is 2.39. The summed E-state index contributed by atoms with van der Waals surface area (Å²) in [6.07, 6.45) is 3.84. The molecule has 1 aliphatic carbocycles. The number of ether oxygens (including phenoxy) is 2. The Labute approximate surface area is 166 Å². The van der Waals surface area contributed by atoms with Crippen molar-refractivity contribution in [2.24, 2.45) is 0 Å². The molecule has 0 bridgehead atoms. The molecule has 0 radical (unpaired) electrons. The van der Waals surface area contributed by atoms with Gasteiger partial charge in [-0.1, -0.05) is 11.8 Å². The Hall–Kier alpha value is -2.74. The number of carbonyl (C=O) groups is 1. The van der Waals surface area contributed by atoms with E-state index in [1.165, 1.54) is 11.8 Å². The van der Waals surface area contributed by atoms with Crippen LogP contribution in [0, 0.1) is 0 Å². The molecule has 1 aromatic carbocycles. The van der Waals surface area contributed by atoms with Crippen molar-refractivity contribution >= 4 is 23.4 Å². The molecule has 1 aromatic heterocycles. The number of fused-ring (bicyclic) bond motifs is 1. The Morgan fingerprint density at radius 1 is 1.18 bits per heavy atom. The molecule has 8 heteroatoms. The molecule has 146 valence electrons. The number of benzene rings is 1. The monoisotopic (exact) mass is 399 g/mol. The van der Waals surface area contributed by atoms with E-state index in [-0.39, 0.29) is 11.3 Å². The molecular weight excluding hydrogens is 378 g/mol. The number of rotatable bonds is 4. The maximum atomic E-state index is 13.0. The zero-order chi connectivity index (χ0) is 19.8. The average Bonchev–Trinajstić information content (AvgIpc) is 2.71. The molecule has 0 amide bonds. The van der Waals surface area contributed by atoms with Gasteiger partial charge in [0.15, 0.2) is 10.9 Å². The average molecular weight is 399 g/mol.